The summed E-state index contributed by atoms with van der Waals surface area (Å²) in [4.78, 5) is 8.43. The highest BCUT2D eigenvalue weighted by Gasteiger charge is 2.18. The van der Waals surface area contributed by atoms with E-state index in [1.807, 2.05) is 7.05 Å². The van der Waals surface area contributed by atoms with E-state index in [-0.39, 0.29) is 0 Å². The molecule has 2 rings (SSSR count). The van der Waals surface area contributed by atoms with E-state index in [1.165, 1.54) is 25.7 Å². The third-order valence-electron chi connectivity index (χ3n) is 3.72. The van der Waals surface area contributed by atoms with Gasteiger partial charge in [0.25, 0.3) is 0 Å². The molecule has 0 aromatic carbocycles. The molecular weight excluding hydrogens is 292 g/mol. The van der Waals surface area contributed by atoms with Crippen molar-refractivity contribution in [2.45, 2.75) is 32.6 Å². The molecule has 2 N–H and O–H groups in total. The first kappa shape index (κ1) is 13.6. The molecule has 1 saturated carbocycles. The van der Waals surface area contributed by atoms with E-state index >= 15 is 0 Å². The van der Waals surface area contributed by atoms with Gasteiger partial charge in [-0.05, 0) is 40.6 Å². The minimum Gasteiger partial charge on any atom is -0.372 e. The Balaban J connectivity index is 1.90. The fraction of sp³-hybridized carbons (Fsp3) is 0.692. The molecule has 0 atom stereocenters. The van der Waals surface area contributed by atoms with E-state index in [2.05, 4.69) is 43.5 Å². The van der Waals surface area contributed by atoms with Crippen molar-refractivity contribution in [1.82, 2.24) is 9.97 Å². The summed E-state index contributed by atoms with van der Waals surface area (Å²) in [5.74, 6) is 3.39. The van der Waals surface area contributed by atoms with Gasteiger partial charge in [-0.1, -0.05) is 19.8 Å². The minimum atomic E-state index is 0.779. The molecule has 0 bridgehead atoms. The van der Waals surface area contributed by atoms with Gasteiger partial charge in [0.1, 0.15) is 22.4 Å². The van der Waals surface area contributed by atoms with E-state index in [0.29, 0.717) is 0 Å². The van der Waals surface area contributed by atoms with E-state index < -0.39 is 0 Å². The topological polar surface area (TPSA) is 49.8 Å². The van der Waals surface area contributed by atoms with Gasteiger partial charge in [0.15, 0.2) is 0 Å². The van der Waals surface area contributed by atoms with Crippen LogP contribution >= 0.6 is 15.9 Å². The Morgan fingerprint density at radius 3 is 2.56 bits per heavy atom. The average Bonchev–Trinajstić information content (AvgIpc) is 2.39. The molecule has 0 unspecified atom stereocenters. The maximum atomic E-state index is 4.28. The number of hydrogen-bond donors (Lipinski definition) is 2. The highest BCUT2D eigenvalue weighted by atomic mass is 79.9. The Bertz CT molecular complexity index is 389. The Kier molecular flexibility index (Phi) is 4.80. The lowest BCUT2D eigenvalue weighted by atomic mass is 9.83. The number of rotatable bonds is 4. The Labute approximate surface area is 117 Å². The van der Waals surface area contributed by atoms with Crippen LogP contribution in [0, 0.1) is 11.8 Å². The van der Waals surface area contributed by atoms with Crippen LogP contribution in [0.4, 0.5) is 11.6 Å². The number of nitrogens with zero attached hydrogens (tertiary/aromatic N) is 2. The van der Waals surface area contributed by atoms with Crippen LogP contribution in [0.5, 0.6) is 0 Å². The Morgan fingerprint density at radius 1 is 1.22 bits per heavy atom. The molecular formula is C13H21BrN4. The number of halogens is 1. The zero-order valence-corrected chi connectivity index (χ0v) is 12.6. The van der Waals surface area contributed by atoms with Gasteiger partial charge in [0.2, 0.25) is 0 Å². The first-order valence-corrected chi connectivity index (χ1v) is 7.42. The fourth-order valence-corrected chi connectivity index (χ4v) is 2.98. The van der Waals surface area contributed by atoms with Gasteiger partial charge >= 0.3 is 0 Å². The predicted molar refractivity (Wildman–Crippen MR) is 78.9 cm³/mol. The SMILES string of the molecule is CNc1ncnc(NCC2CCC(C)CC2)c1Br. The molecule has 4 nitrogen and oxygen atoms in total. The standard InChI is InChI=1S/C13H21BrN4/c1-9-3-5-10(6-4-9)7-16-13-11(14)12(15-2)17-8-18-13/h8-10H,3-7H2,1-2H3,(H2,15,16,17,18). The molecule has 1 aliphatic rings. The van der Waals surface area contributed by atoms with E-state index in [1.54, 1.807) is 6.33 Å². The van der Waals surface area contributed by atoms with Crippen molar-refractivity contribution in [3.05, 3.63) is 10.8 Å². The fourth-order valence-electron chi connectivity index (χ4n) is 2.44. The van der Waals surface area contributed by atoms with E-state index in [4.69, 9.17) is 0 Å². The molecule has 18 heavy (non-hydrogen) atoms. The molecule has 1 aromatic rings. The lowest BCUT2D eigenvalue weighted by molar-refractivity contribution is 0.300. The summed E-state index contributed by atoms with van der Waals surface area (Å²) in [5, 5.41) is 6.48. The summed E-state index contributed by atoms with van der Waals surface area (Å²) in [7, 11) is 1.86. The zero-order valence-electron chi connectivity index (χ0n) is 11.0. The van der Waals surface area contributed by atoms with Crippen molar-refractivity contribution in [2.24, 2.45) is 11.8 Å². The van der Waals surface area contributed by atoms with Crippen LogP contribution in [0.25, 0.3) is 0 Å². The highest BCUT2D eigenvalue weighted by molar-refractivity contribution is 9.10. The smallest absolute Gasteiger partial charge is 0.145 e. The zero-order chi connectivity index (χ0) is 13.0. The molecule has 1 aromatic heterocycles. The largest absolute Gasteiger partial charge is 0.372 e. The molecule has 1 fully saturated rings. The third-order valence-corrected chi connectivity index (χ3v) is 4.47. The lowest BCUT2D eigenvalue weighted by Gasteiger charge is -2.26. The lowest BCUT2D eigenvalue weighted by Crippen LogP contribution is -2.20. The highest BCUT2D eigenvalue weighted by Crippen LogP contribution is 2.30. The molecule has 1 heterocycles. The van der Waals surface area contributed by atoms with Crippen molar-refractivity contribution in [3.63, 3.8) is 0 Å². The van der Waals surface area contributed by atoms with Crippen LogP contribution in [0.2, 0.25) is 0 Å². The normalized spacial score (nSPS) is 23.7. The molecule has 5 heteroatoms. The van der Waals surface area contributed by atoms with Crippen molar-refractivity contribution in [2.75, 3.05) is 24.2 Å². The molecule has 1 aliphatic carbocycles. The van der Waals surface area contributed by atoms with Gasteiger partial charge in [0, 0.05) is 13.6 Å². The summed E-state index contributed by atoms with van der Waals surface area (Å²) < 4.78 is 0.914. The second-order valence-electron chi connectivity index (χ2n) is 5.14. The van der Waals surface area contributed by atoms with Gasteiger partial charge in [0.05, 0.1) is 0 Å². The summed E-state index contributed by atoms with van der Waals surface area (Å²) in [5.41, 5.74) is 0. The summed E-state index contributed by atoms with van der Waals surface area (Å²) in [6.07, 6.45) is 6.96. The number of nitrogens with one attached hydrogen (secondary N) is 2. The number of hydrogen-bond acceptors (Lipinski definition) is 4. The molecule has 100 valence electrons. The molecule has 0 amide bonds. The van der Waals surface area contributed by atoms with Crippen molar-refractivity contribution < 1.29 is 0 Å². The Hall–Kier alpha value is -0.840. The molecule has 0 radical (unpaired) electrons. The van der Waals surface area contributed by atoms with Crippen LogP contribution < -0.4 is 10.6 Å². The maximum Gasteiger partial charge on any atom is 0.145 e. The van der Waals surface area contributed by atoms with Gasteiger partial charge in [-0.25, -0.2) is 9.97 Å². The summed E-state index contributed by atoms with van der Waals surface area (Å²) >= 11 is 3.53. The van der Waals surface area contributed by atoms with Crippen LogP contribution in [0.3, 0.4) is 0 Å². The quantitative estimate of drug-likeness (QED) is 0.893. The van der Waals surface area contributed by atoms with Crippen LogP contribution in [-0.4, -0.2) is 23.6 Å². The summed E-state index contributed by atoms with van der Waals surface area (Å²) in [6.45, 7) is 3.36. The molecule has 0 aliphatic heterocycles. The second-order valence-corrected chi connectivity index (χ2v) is 5.93. The monoisotopic (exact) mass is 312 g/mol. The first-order valence-electron chi connectivity index (χ1n) is 6.62. The van der Waals surface area contributed by atoms with Gasteiger partial charge in [-0.15, -0.1) is 0 Å². The van der Waals surface area contributed by atoms with Crippen LogP contribution in [0.1, 0.15) is 32.6 Å². The second kappa shape index (κ2) is 6.36. The molecule has 0 saturated heterocycles. The van der Waals surface area contributed by atoms with Gasteiger partial charge < -0.3 is 10.6 Å². The first-order chi connectivity index (χ1) is 8.70. The minimum absolute atomic E-state index is 0.779. The number of anilines is 2. The predicted octanol–water partition coefficient (Wildman–Crippen LogP) is 3.52. The Morgan fingerprint density at radius 2 is 1.89 bits per heavy atom. The van der Waals surface area contributed by atoms with Crippen molar-refractivity contribution >= 4 is 27.6 Å². The van der Waals surface area contributed by atoms with E-state index in [9.17, 15) is 0 Å². The van der Waals surface area contributed by atoms with Crippen molar-refractivity contribution in [3.8, 4) is 0 Å². The maximum absolute atomic E-state index is 4.28. The van der Waals surface area contributed by atoms with E-state index in [0.717, 1.165) is 34.5 Å². The molecule has 0 spiro atoms. The third kappa shape index (κ3) is 3.34. The van der Waals surface area contributed by atoms with Gasteiger partial charge in [-0.2, -0.15) is 0 Å². The van der Waals surface area contributed by atoms with Crippen LogP contribution in [0.15, 0.2) is 10.8 Å². The van der Waals surface area contributed by atoms with Crippen molar-refractivity contribution in [1.29, 1.82) is 0 Å². The summed E-state index contributed by atoms with van der Waals surface area (Å²) in [6, 6.07) is 0. The van der Waals surface area contributed by atoms with Crippen LogP contribution in [-0.2, 0) is 0 Å². The average molecular weight is 313 g/mol. The van der Waals surface area contributed by atoms with Gasteiger partial charge in [-0.3, -0.25) is 0 Å². The number of aromatic nitrogens is 2.